The second-order valence-corrected chi connectivity index (χ2v) is 24.9. The van der Waals surface area contributed by atoms with Crippen molar-refractivity contribution in [1.29, 1.82) is 0 Å². The van der Waals surface area contributed by atoms with E-state index < -0.39 is 8.07 Å². The van der Waals surface area contributed by atoms with E-state index in [1.54, 1.807) is 10.8 Å². The summed E-state index contributed by atoms with van der Waals surface area (Å²) in [7, 11) is -1.37. The van der Waals surface area contributed by atoms with Gasteiger partial charge >= 0.3 is 0 Å². The standard InChI is InChI=1S/C34H29N4O.C22H28NSi.Ir/c1-19(2)25-15-22-10-6-7-11-24(22)30(20(3)4)32(25)38-28-13-14-35-18-27(28)37-33(38)23-16-26-31-21(5)9-8-12-29(31)39-34(26)36-17-23;1-24(2,3)22-15-23-21(17-7-5-4-6-8-17)14-20(22)13-19-12-16-9-10-18(19)11-16;/h6-16,18-20H,1-5H3;4-7,14-16,18-19H,9-13H2,1-3H3;/q2*-1;. The molecule has 2 aliphatic rings. The molecule has 0 saturated heterocycles. The molecule has 1 radical (unpaired) electrons. The van der Waals surface area contributed by atoms with Gasteiger partial charge in [0, 0.05) is 43.6 Å². The van der Waals surface area contributed by atoms with Gasteiger partial charge in [-0.3, -0.25) is 9.97 Å². The summed E-state index contributed by atoms with van der Waals surface area (Å²) in [5, 5.41) is 6.14. The third-order valence-electron chi connectivity index (χ3n) is 13.9. The minimum absolute atomic E-state index is 0. The van der Waals surface area contributed by atoms with E-state index in [1.165, 1.54) is 59.7 Å². The van der Waals surface area contributed by atoms with Crippen LogP contribution in [0.15, 0.2) is 114 Å². The Balaban J connectivity index is 0.000000178. The number of pyridine rings is 3. The number of furan rings is 1. The van der Waals surface area contributed by atoms with Crippen LogP contribution in [0.2, 0.25) is 19.6 Å². The van der Waals surface area contributed by atoms with E-state index in [1.807, 2.05) is 36.7 Å². The monoisotopic (exact) mass is 1040 g/mol. The van der Waals surface area contributed by atoms with Gasteiger partial charge in [-0.2, -0.15) is 0 Å². The summed E-state index contributed by atoms with van der Waals surface area (Å²) in [5.74, 6) is 4.33. The zero-order valence-electron chi connectivity index (χ0n) is 38.3. The van der Waals surface area contributed by atoms with E-state index in [0.29, 0.717) is 17.5 Å². The number of fused-ring (bicyclic) bond motifs is 7. The summed E-state index contributed by atoms with van der Waals surface area (Å²) in [5.41, 5.74) is 12.8. The average molecular weight is 1040 g/mol. The Kier molecular flexibility index (Phi) is 12.1. The number of hydrogen-bond donors (Lipinski definition) is 0. The molecule has 2 fully saturated rings. The van der Waals surface area contributed by atoms with Gasteiger partial charge in [0.25, 0.3) is 0 Å². The minimum Gasteiger partial charge on any atom is -0.483 e. The van der Waals surface area contributed by atoms with Crippen LogP contribution < -0.4 is 5.19 Å². The van der Waals surface area contributed by atoms with E-state index in [4.69, 9.17) is 14.4 Å². The van der Waals surface area contributed by atoms with Crippen LogP contribution in [0.3, 0.4) is 0 Å². The normalized spacial score (nSPS) is 17.2. The van der Waals surface area contributed by atoms with Gasteiger partial charge in [-0.15, -0.1) is 42.0 Å². The van der Waals surface area contributed by atoms with Crippen LogP contribution in [0.4, 0.5) is 0 Å². The predicted molar refractivity (Wildman–Crippen MR) is 263 cm³/mol. The van der Waals surface area contributed by atoms with Gasteiger partial charge in [0.05, 0.1) is 31.1 Å². The predicted octanol–water partition coefficient (Wildman–Crippen LogP) is 14.0. The van der Waals surface area contributed by atoms with Gasteiger partial charge in [-0.25, -0.2) is 0 Å². The Hall–Kier alpha value is -5.27. The van der Waals surface area contributed by atoms with Crippen molar-refractivity contribution in [3.63, 3.8) is 0 Å². The van der Waals surface area contributed by atoms with Gasteiger partial charge in [0.2, 0.25) is 0 Å². The summed E-state index contributed by atoms with van der Waals surface area (Å²) in [6, 6.07) is 35.3. The number of rotatable bonds is 8. The van der Waals surface area contributed by atoms with Gasteiger partial charge in [-0.05, 0) is 130 Å². The molecule has 2 saturated carbocycles. The maximum atomic E-state index is 6.07. The van der Waals surface area contributed by atoms with Crippen LogP contribution in [-0.2, 0) is 26.5 Å². The molecule has 4 aromatic carbocycles. The van der Waals surface area contributed by atoms with Gasteiger partial charge in [0.1, 0.15) is 11.3 Å². The molecule has 11 rings (SSSR count). The van der Waals surface area contributed by atoms with Crippen molar-refractivity contribution in [3.05, 3.63) is 144 Å². The summed E-state index contributed by atoms with van der Waals surface area (Å²) in [6.07, 6.45) is 16.3. The SMILES string of the molecule is C[Si](C)(C)c1cnc(-c2[c-]cccc2)cc1CC1CC2CCC1C2.Cc1cccc2oc3n[c-]c(-c4nc5cnccc5n4-c4c(C(C)C)cc5ccccc5c4C(C)C)cc3c12.[Ir]. The van der Waals surface area contributed by atoms with Crippen LogP contribution in [0, 0.1) is 36.9 Å². The molecule has 2 bridgehead atoms. The van der Waals surface area contributed by atoms with Gasteiger partial charge in [0.15, 0.2) is 0 Å². The first-order valence-electron chi connectivity index (χ1n) is 23.0. The number of imidazole rings is 1. The fourth-order valence-electron chi connectivity index (χ4n) is 10.9. The van der Waals surface area contributed by atoms with Crippen molar-refractivity contribution < 1.29 is 24.5 Å². The van der Waals surface area contributed by atoms with Crippen LogP contribution in [0.5, 0.6) is 0 Å². The van der Waals surface area contributed by atoms with E-state index in [2.05, 4.69) is 154 Å². The van der Waals surface area contributed by atoms with E-state index in [9.17, 15) is 0 Å². The Morgan fingerprint density at radius 3 is 2.41 bits per heavy atom. The average Bonchev–Trinajstić information content (AvgIpc) is 4.08. The minimum atomic E-state index is -1.37. The van der Waals surface area contributed by atoms with Crippen molar-refractivity contribution in [2.45, 2.75) is 98.2 Å². The van der Waals surface area contributed by atoms with Crippen LogP contribution in [0.1, 0.15) is 87.5 Å². The molecule has 0 aliphatic heterocycles. The number of benzene rings is 4. The Labute approximate surface area is 392 Å². The van der Waals surface area contributed by atoms with Crippen LogP contribution in [-0.4, -0.2) is 32.6 Å². The molecule has 3 atom stereocenters. The van der Waals surface area contributed by atoms with Crippen molar-refractivity contribution in [3.8, 4) is 28.3 Å². The molecule has 8 heteroatoms. The maximum Gasteiger partial charge on any atom is 0.141 e. The molecular formula is C56H57IrN5OSi-2. The maximum absolute atomic E-state index is 6.07. The molecule has 64 heavy (non-hydrogen) atoms. The molecule has 2 aliphatic carbocycles. The molecule has 0 N–H and O–H groups in total. The first-order chi connectivity index (χ1) is 30.4. The third kappa shape index (κ3) is 8.07. The summed E-state index contributed by atoms with van der Waals surface area (Å²) in [4.78, 5) is 19.0. The molecular weight excluding hydrogens is 979 g/mol. The first kappa shape index (κ1) is 44.0. The second kappa shape index (κ2) is 17.6. The molecule has 3 unspecified atom stereocenters. The summed E-state index contributed by atoms with van der Waals surface area (Å²) < 4.78 is 8.38. The Bertz CT molecular complexity index is 3140. The van der Waals surface area contributed by atoms with Crippen LogP contribution in [0.25, 0.3) is 72.2 Å². The van der Waals surface area contributed by atoms with Crippen molar-refractivity contribution in [1.82, 2.24) is 24.5 Å². The zero-order valence-corrected chi connectivity index (χ0v) is 41.7. The third-order valence-corrected chi connectivity index (χ3v) is 15.9. The number of nitrogens with zero attached hydrogens (tertiary/aromatic N) is 5. The number of aromatic nitrogens is 5. The fourth-order valence-corrected chi connectivity index (χ4v) is 12.5. The van der Waals surface area contributed by atoms with E-state index in [-0.39, 0.29) is 20.1 Å². The zero-order chi connectivity index (χ0) is 43.6. The van der Waals surface area contributed by atoms with E-state index in [0.717, 1.165) is 73.4 Å². The van der Waals surface area contributed by atoms with Crippen molar-refractivity contribution in [2.24, 2.45) is 17.8 Å². The van der Waals surface area contributed by atoms with E-state index >= 15 is 0 Å². The molecule has 5 heterocycles. The first-order valence-corrected chi connectivity index (χ1v) is 26.5. The molecule has 0 amide bonds. The molecule has 5 aromatic heterocycles. The number of hydrogen-bond acceptors (Lipinski definition) is 5. The fraction of sp³-hybridized carbons (Fsp3) is 0.321. The summed E-state index contributed by atoms with van der Waals surface area (Å²) >= 11 is 0. The Morgan fingerprint density at radius 2 is 1.67 bits per heavy atom. The smallest absolute Gasteiger partial charge is 0.141 e. The molecule has 0 spiro atoms. The molecule has 9 aromatic rings. The summed E-state index contributed by atoms with van der Waals surface area (Å²) in [6.45, 7) is 18.5. The number of aryl methyl sites for hydroxylation is 1. The topological polar surface area (TPSA) is 69.6 Å². The van der Waals surface area contributed by atoms with Crippen LogP contribution >= 0.6 is 0 Å². The van der Waals surface area contributed by atoms with Gasteiger partial charge < -0.3 is 19.0 Å². The van der Waals surface area contributed by atoms with Crippen molar-refractivity contribution >= 4 is 57.1 Å². The van der Waals surface area contributed by atoms with Gasteiger partial charge in [-0.1, -0.05) is 107 Å². The Morgan fingerprint density at radius 1 is 0.844 bits per heavy atom. The quantitative estimate of drug-likeness (QED) is 0.112. The van der Waals surface area contributed by atoms with Crippen molar-refractivity contribution in [2.75, 3.05) is 0 Å². The second-order valence-electron chi connectivity index (χ2n) is 19.8. The molecule has 6 nitrogen and oxygen atoms in total. The molecule has 327 valence electrons. The largest absolute Gasteiger partial charge is 0.483 e.